The number of aromatic amines is 1. The topological polar surface area (TPSA) is 81.3 Å². The summed E-state index contributed by atoms with van der Waals surface area (Å²) in [6.45, 7) is 4.15. The molecule has 1 aromatic heterocycles. The van der Waals surface area contributed by atoms with Gasteiger partial charge in [0.1, 0.15) is 0 Å². The quantitative estimate of drug-likeness (QED) is 0.872. The maximum Gasteiger partial charge on any atom is 0.417 e. The van der Waals surface area contributed by atoms with Crippen LogP contribution in [0.2, 0.25) is 0 Å². The molecule has 0 amide bonds. The molecule has 1 atom stereocenters. The van der Waals surface area contributed by atoms with Gasteiger partial charge < -0.3 is 14.9 Å². The molecule has 1 aromatic carbocycles. The highest BCUT2D eigenvalue weighted by atomic mass is 16.5. The lowest BCUT2D eigenvalue weighted by molar-refractivity contribution is -0.0897. The largest absolute Gasteiger partial charge is 0.417 e. The van der Waals surface area contributed by atoms with Gasteiger partial charge in [0.2, 0.25) is 0 Å². The summed E-state index contributed by atoms with van der Waals surface area (Å²) in [6, 6.07) is 5.86. The molecule has 1 aliphatic heterocycles. The van der Waals surface area contributed by atoms with Crippen LogP contribution in [0.15, 0.2) is 27.4 Å². The van der Waals surface area contributed by atoms with Crippen molar-refractivity contribution in [3.63, 3.8) is 0 Å². The van der Waals surface area contributed by atoms with Crippen LogP contribution in [0.3, 0.4) is 0 Å². The Morgan fingerprint density at radius 1 is 1.47 bits per heavy atom. The average Bonchev–Trinajstić information content (AvgIpc) is 2.72. The van der Waals surface area contributed by atoms with Crippen LogP contribution < -0.4 is 11.5 Å². The van der Waals surface area contributed by atoms with Crippen LogP contribution in [0, 0.1) is 5.92 Å². The molecule has 102 valence electrons. The van der Waals surface area contributed by atoms with E-state index in [1.54, 1.807) is 0 Å². The Morgan fingerprint density at radius 3 is 2.84 bits per heavy atom. The van der Waals surface area contributed by atoms with Gasteiger partial charge in [0.25, 0.3) is 0 Å². The number of oxazole rings is 1. The van der Waals surface area contributed by atoms with E-state index in [9.17, 15) is 4.79 Å². The van der Waals surface area contributed by atoms with Gasteiger partial charge in [-0.05, 0) is 30.2 Å². The molecule has 5 heteroatoms. The molecule has 1 fully saturated rings. The van der Waals surface area contributed by atoms with E-state index in [0.717, 1.165) is 17.5 Å². The van der Waals surface area contributed by atoms with Crippen molar-refractivity contribution in [2.45, 2.75) is 18.8 Å². The van der Waals surface area contributed by atoms with Crippen molar-refractivity contribution in [2.24, 2.45) is 11.7 Å². The van der Waals surface area contributed by atoms with Crippen molar-refractivity contribution in [3.8, 4) is 0 Å². The first-order valence-corrected chi connectivity index (χ1v) is 6.61. The summed E-state index contributed by atoms with van der Waals surface area (Å²) >= 11 is 0. The van der Waals surface area contributed by atoms with Crippen LogP contribution in [0.1, 0.15) is 18.9 Å². The predicted octanol–water partition coefficient (Wildman–Crippen LogP) is 1.37. The van der Waals surface area contributed by atoms with Gasteiger partial charge in [0.05, 0.1) is 18.7 Å². The minimum absolute atomic E-state index is 0.0342. The Labute approximate surface area is 110 Å². The van der Waals surface area contributed by atoms with Gasteiger partial charge in [-0.15, -0.1) is 0 Å². The Hall–Kier alpha value is -1.59. The number of aromatic nitrogens is 1. The van der Waals surface area contributed by atoms with E-state index in [4.69, 9.17) is 14.9 Å². The molecule has 5 nitrogen and oxygen atoms in total. The molecule has 0 aliphatic carbocycles. The molecule has 0 radical (unpaired) electrons. The molecule has 1 unspecified atom stereocenters. The number of benzene rings is 1. The summed E-state index contributed by atoms with van der Waals surface area (Å²) in [5.41, 5.74) is 8.33. The van der Waals surface area contributed by atoms with Crippen LogP contribution in [0.4, 0.5) is 0 Å². The number of ether oxygens (including phenoxy) is 1. The van der Waals surface area contributed by atoms with Gasteiger partial charge >= 0.3 is 5.76 Å². The van der Waals surface area contributed by atoms with Gasteiger partial charge in [0.15, 0.2) is 5.58 Å². The highest BCUT2D eigenvalue weighted by Crippen LogP contribution is 2.41. The number of nitrogens with one attached hydrogen (secondary N) is 1. The highest BCUT2D eigenvalue weighted by Gasteiger charge is 2.45. The Kier molecular flexibility index (Phi) is 2.95. The molecule has 0 spiro atoms. The van der Waals surface area contributed by atoms with Gasteiger partial charge in [-0.3, -0.25) is 4.98 Å². The monoisotopic (exact) mass is 262 g/mol. The molecule has 19 heavy (non-hydrogen) atoms. The van der Waals surface area contributed by atoms with Crippen molar-refractivity contribution in [3.05, 3.63) is 34.3 Å². The zero-order chi connectivity index (χ0) is 13.5. The molecule has 2 aromatic rings. The smallest absolute Gasteiger partial charge is 0.408 e. The summed E-state index contributed by atoms with van der Waals surface area (Å²) < 4.78 is 10.6. The Bertz CT molecular complexity index is 635. The Morgan fingerprint density at radius 2 is 2.26 bits per heavy atom. The summed E-state index contributed by atoms with van der Waals surface area (Å²) in [5.74, 6) is -0.0405. The first kappa shape index (κ1) is 12.4. The van der Waals surface area contributed by atoms with Crippen molar-refractivity contribution in [1.29, 1.82) is 0 Å². The van der Waals surface area contributed by atoms with Crippen molar-refractivity contribution in [2.75, 3.05) is 19.8 Å². The van der Waals surface area contributed by atoms with E-state index in [-0.39, 0.29) is 5.41 Å². The van der Waals surface area contributed by atoms with Crippen LogP contribution in [0.25, 0.3) is 11.1 Å². The third-order valence-corrected chi connectivity index (χ3v) is 4.27. The molecular formula is C14H18N2O3. The summed E-state index contributed by atoms with van der Waals surface area (Å²) in [7, 11) is 0. The molecule has 0 bridgehead atoms. The number of rotatable bonds is 4. The van der Waals surface area contributed by atoms with E-state index in [1.807, 2.05) is 18.2 Å². The lowest BCUT2D eigenvalue weighted by atomic mass is 9.67. The van der Waals surface area contributed by atoms with Crippen molar-refractivity contribution < 1.29 is 9.15 Å². The second-order valence-corrected chi connectivity index (χ2v) is 5.22. The van der Waals surface area contributed by atoms with Crippen LogP contribution in [-0.4, -0.2) is 24.7 Å². The summed E-state index contributed by atoms with van der Waals surface area (Å²) in [6.07, 6.45) is 1.01. The van der Waals surface area contributed by atoms with Crippen molar-refractivity contribution >= 4 is 11.1 Å². The highest BCUT2D eigenvalue weighted by molar-refractivity contribution is 5.73. The molecule has 3 N–H and O–H groups in total. The molecule has 3 rings (SSSR count). The third kappa shape index (κ3) is 1.81. The van der Waals surface area contributed by atoms with Gasteiger partial charge in [-0.2, -0.15) is 0 Å². The SMILES string of the molecule is CCC(CN)C1(c2ccc3[nH]c(=O)oc3c2)COC1. The molecule has 2 heterocycles. The fraction of sp³-hybridized carbons (Fsp3) is 0.500. The van der Waals surface area contributed by atoms with Crippen molar-refractivity contribution in [1.82, 2.24) is 4.98 Å². The molecular weight excluding hydrogens is 244 g/mol. The third-order valence-electron chi connectivity index (χ3n) is 4.27. The normalized spacial score (nSPS) is 19.3. The lowest BCUT2D eigenvalue weighted by Gasteiger charge is -2.47. The number of fused-ring (bicyclic) bond motifs is 1. The number of nitrogens with two attached hydrogens (primary N) is 1. The lowest BCUT2D eigenvalue weighted by Crippen LogP contribution is -2.54. The van der Waals surface area contributed by atoms with Gasteiger partial charge in [-0.1, -0.05) is 19.4 Å². The second kappa shape index (κ2) is 4.51. The zero-order valence-corrected chi connectivity index (χ0v) is 10.9. The number of H-pyrrole nitrogens is 1. The summed E-state index contributed by atoms with van der Waals surface area (Å²) in [4.78, 5) is 13.9. The number of hydrogen-bond donors (Lipinski definition) is 2. The molecule has 1 saturated heterocycles. The fourth-order valence-corrected chi connectivity index (χ4v) is 3.00. The standard InChI is InChI=1S/C14H18N2O3/c1-2-9(6-15)14(7-18-8-14)10-3-4-11-12(5-10)19-13(17)16-11/h3-5,9H,2,6-8,15H2,1H3,(H,16,17). The minimum atomic E-state index is -0.420. The summed E-state index contributed by atoms with van der Waals surface area (Å²) in [5, 5.41) is 0. The minimum Gasteiger partial charge on any atom is -0.408 e. The fourth-order valence-electron chi connectivity index (χ4n) is 3.00. The van der Waals surface area contributed by atoms with Gasteiger partial charge in [0, 0.05) is 5.41 Å². The van der Waals surface area contributed by atoms with E-state index < -0.39 is 5.76 Å². The second-order valence-electron chi connectivity index (χ2n) is 5.22. The first-order chi connectivity index (χ1) is 9.19. The van der Waals surface area contributed by atoms with Crippen LogP contribution in [-0.2, 0) is 10.2 Å². The van der Waals surface area contributed by atoms with Crippen LogP contribution in [0.5, 0.6) is 0 Å². The van der Waals surface area contributed by atoms with Gasteiger partial charge in [-0.25, -0.2) is 4.79 Å². The van der Waals surface area contributed by atoms with Crippen LogP contribution >= 0.6 is 0 Å². The number of hydrogen-bond acceptors (Lipinski definition) is 4. The molecule has 1 aliphatic rings. The van der Waals surface area contributed by atoms with E-state index in [2.05, 4.69) is 11.9 Å². The zero-order valence-electron chi connectivity index (χ0n) is 10.9. The Balaban J connectivity index is 2.08. The average molecular weight is 262 g/mol. The van der Waals surface area contributed by atoms with E-state index in [1.165, 1.54) is 0 Å². The first-order valence-electron chi connectivity index (χ1n) is 6.61. The maximum atomic E-state index is 11.2. The van der Waals surface area contributed by atoms with E-state index >= 15 is 0 Å². The van der Waals surface area contributed by atoms with E-state index in [0.29, 0.717) is 31.3 Å². The predicted molar refractivity (Wildman–Crippen MR) is 72.2 cm³/mol. The maximum absolute atomic E-state index is 11.2. The molecule has 0 saturated carbocycles.